The first kappa shape index (κ1) is 55.1. The average molecular weight is 918 g/mol. The Kier molecular flexibility index (Phi) is 28.6. The van der Waals surface area contributed by atoms with Crippen molar-refractivity contribution in [1.29, 1.82) is 0 Å². The van der Waals surface area contributed by atoms with Crippen molar-refractivity contribution in [2.24, 2.45) is 11.8 Å². The first-order valence-corrected chi connectivity index (χ1v) is 25.7. The fourth-order valence-corrected chi connectivity index (χ4v) is 9.02. The molecule has 1 aliphatic rings. The molecule has 3 rings (SSSR count). The number of ketones is 1. The second-order valence-corrected chi connectivity index (χ2v) is 18.5. The number of unbranched alkanes of at least 4 members (excludes halogenated alkanes) is 18. The molecule has 1 aliphatic heterocycles. The zero-order valence-electron chi connectivity index (χ0n) is 38.5. The minimum Gasteiger partial charge on any atom is -0.462 e. The van der Waals surface area contributed by atoms with Crippen LogP contribution in [0.25, 0.3) is 0 Å². The van der Waals surface area contributed by atoms with E-state index in [4.69, 9.17) is 29.1 Å². The van der Waals surface area contributed by atoms with Crippen LogP contribution in [0.4, 0.5) is 0 Å². The predicted octanol–water partition coefficient (Wildman–Crippen LogP) is 10.0. The van der Waals surface area contributed by atoms with Gasteiger partial charge in [-0.05, 0) is 62.5 Å². The van der Waals surface area contributed by atoms with Gasteiger partial charge in [-0.2, -0.15) is 8.42 Å². The normalized spacial score (nSPS) is 19.3. The lowest BCUT2D eigenvalue weighted by Gasteiger charge is -2.43. The van der Waals surface area contributed by atoms with Gasteiger partial charge in [0.15, 0.2) is 6.29 Å². The maximum absolute atomic E-state index is 14.3. The van der Waals surface area contributed by atoms with Crippen molar-refractivity contribution in [3.8, 4) is 0 Å². The van der Waals surface area contributed by atoms with Crippen LogP contribution in [0.3, 0.4) is 0 Å². The van der Waals surface area contributed by atoms with E-state index in [1.54, 1.807) is 0 Å². The van der Waals surface area contributed by atoms with Crippen molar-refractivity contribution in [3.63, 3.8) is 0 Å². The van der Waals surface area contributed by atoms with Gasteiger partial charge in [-0.1, -0.05) is 170 Å². The third-order valence-electron chi connectivity index (χ3n) is 12.1. The number of aryl methyl sites for hydroxylation is 2. The molecule has 0 aliphatic carbocycles. The number of esters is 2. The molecule has 64 heavy (non-hydrogen) atoms. The van der Waals surface area contributed by atoms with E-state index in [2.05, 4.69) is 43.3 Å². The molecule has 0 amide bonds. The summed E-state index contributed by atoms with van der Waals surface area (Å²) in [6.07, 6.45) is 15.6. The highest BCUT2D eigenvalue weighted by molar-refractivity contribution is 7.80. The smallest absolute Gasteiger partial charge is 0.397 e. The van der Waals surface area contributed by atoms with E-state index in [0.717, 1.165) is 103 Å². The summed E-state index contributed by atoms with van der Waals surface area (Å²) in [5.41, 5.74) is 2.64. The minimum atomic E-state index is -5.19. The molecule has 13 nitrogen and oxygen atoms in total. The van der Waals surface area contributed by atoms with E-state index < -0.39 is 71.4 Å². The molecule has 0 unspecified atom stereocenters. The molecule has 6 atom stereocenters. The standard InChI is InChI=1S/C50H79NO12S/c1-2-3-4-5-6-7-8-15-26-35-42(59-45(54)36-27-16-11-9-13-20-29-40-31-22-18-23-32-40)38-43(53)47-49(48(63-64(56,57)58)44(39-52)60-50(47)62-51)61-46(55)37-28-17-12-10-14-21-30-41-33-24-19-25-34-41/h18-19,22-25,31-34,42,44,47-50,52H,2-17,20-21,26-30,35-39,51H2,1H3,(H,56,57,58)/t42-,44+,47+,48+,49+,50+/m0/s1. The SMILES string of the molecule is CCCCCCCCCCC[C@@H](CC(=O)[C@H]1[C@@H](ON)O[C@H](CO)[C@@H](OS(=O)(=O)O)[C@@H]1OC(=O)CCCCCCCCc1ccccc1)OC(=O)CCCCCCCCc1ccccc1. The lowest BCUT2D eigenvalue weighted by Crippen LogP contribution is -2.61. The number of aliphatic hydroxyl groups excluding tert-OH is 1. The number of benzene rings is 2. The van der Waals surface area contributed by atoms with Gasteiger partial charge in [0.1, 0.15) is 36.1 Å². The van der Waals surface area contributed by atoms with Gasteiger partial charge in [-0.15, -0.1) is 0 Å². The van der Waals surface area contributed by atoms with Crippen LogP contribution < -0.4 is 5.90 Å². The number of carbonyl (C=O) groups excluding carboxylic acids is 3. The van der Waals surface area contributed by atoms with E-state index in [9.17, 15) is 32.5 Å². The summed E-state index contributed by atoms with van der Waals surface area (Å²) in [5.74, 6) is 2.28. The van der Waals surface area contributed by atoms with E-state index in [1.165, 1.54) is 36.8 Å². The van der Waals surface area contributed by atoms with Crippen LogP contribution in [-0.2, 0) is 60.9 Å². The molecule has 0 bridgehead atoms. The Hall–Kier alpha value is -3.24. The molecule has 1 fully saturated rings. The molecule has 0 aromatic heterocycles. The fraction of sp³-hybridized carbons (Fsp3) is 0.700. The molecule has 2 aromatic carbocycles. The van der Waals surface area contributed by atoms with Crippen molar-refractivity contribution >= 4 is 28.1 Å². The van der Waals surface area contributed by atoms with Crippen molar-refractivity contribution in [3.05, 3.63) is 71.8 Å². The fourth-order valence-electron chi connectivity index (χ4n) is 8.50. The van der Waals surface area contributed by atoms with Gasteiger partial charge < -0.3 is 19.3 Å². The Morgan fingerprint density at radius 1 is 0.656 bits per heavy atom. The monoisotopic (exact) mass is 918 g/mol. The first-order valence-electron chi connectivity index (χ1n) is 24.3. The number of hydrogen-bond donors (Lipinski definition) is 3. The van der Waals surface area contributed by atoms with Crippen LogP contribution in [0.15, 0.2) is 60.7 Å². The second-order valence-electron chi connectivity index (χ2n) is 17.4. The van der Waals surface area contributed by atoms with Gasteiger partial charge in [0.2, 0.25) is 0 Å². The third-order valence-corrected chi connectivity index (χ3v) is 12.5. The van der Waals surface area contributed by atoms with Crippen molar-refractivity contribution in [2.75, 3.05) is 6.61 Å². The van der Waals surface area contributed by atoms with E-state index in [0.29, 0.717) is 25.7 Å². The van der Waals surface area contributed by atoms with Gasteiger partial charge in [0, 0.05) is 19.3 Å². The topological polar surface area (TPSA) is 198 Å². The molecular formula is C50H79NO12S. The molecule has 1 heterocycles. The van der Waals surface area contributed by atoms with Crippen LogP contribution in [0.5, 0.6) is 0 Å². The molecule has 0 saturated carbocycles. The number of ether oxygens (including phenoxy) is 3. The molecule has 0 spiro atoms. The summed E-state index contributed by atoms with van der Waals surface area (Å²) >= 11 is 0. The second kappa shape index (κ2) is 33.3. The molecule has 362 valence electrons. The number of hydrogen-bond acceptors (Lipinski definition) is 12. The highest BCUT2D eigenvalue weighted by atomic mass is 32.3. The molecule has 14 heteroatoms. The molecular weight excluding hydrogens is 839 g/mol. The van der Waals surface area contributed by atoms with Crippen molar-refractivity contribution in [2.45, 2.75) is 211 Å². The summed E-state index contributed by atoms with van der Waals surface area (Å²) in [5, 5.41) is 10.2. The predicted molar refractivity (Wildman–Crippen MR) is 247 cm³/mol. The number of rotatable bonds is 37. The number of carbonyl (C=O) groups is 3. The Balaban J connectivity index is 1.62. The Morgan fingerprint density at radius 3 is 1.61 bits per heavy atom. The number of aliphatic hydroxyl groups is 1. The maximum atomic E-state index is 14.3. The lowest BCUT2D eigenvalue weighted by molar-refractivity contribution is -0.280. The third kappa shape index (κ3) is 23.8. The zero-order valence-corrected chi connectivity index (χ0v) is 39.3. The summed E-state index contributed by atoms with van der Waals surface area (Å²) in [4.78, 5) is 46.0. The minimum absolute atomic E-state index is 0.0364. The average Bonchev–Trinajstić information content (AvgIpc) is 3.28. The van der Waals surface area contributed by atoms with Crippen LogP contribution in [0.2, 0.25) is 0 Å². The van der Waals surface area contributed by atoms with Gasteiger partial charge in [0.25, 0.3) is 0 Å². The van der Waals surface area contributed by atoms with E-state index in [1.807, 2.05) is 24.3 Å². The molecule has 1 saturated heterocycles. The summed E-state index contributed by atoms with van der Waals surface area (Å²) in [6, 6.07) is 20.7. The van der Waals surface area contributed by atoms with Gasteiger partial charge in [-0.3, -0.25) is 23.8 Å². The quantitative estimate of drug-likeness (QED) is 0.0251. The van der Waals surface area contributed by atoms with Gasteiger partial charge in [0.05, 0.1) is 6.61 Å². The highest BCUT2D eigenvalue weighted by Crippen LogP contribution is 2.34. The van der Waals surface area contributed by atoms with E-state index in [-0.39, 0.29) is 19.3 Å². The van der Waals surface area contributed by atoms with Crippen LogP contribution >= 0.6 is 0 Å². The van der Waals surface area contributed by atoms with Gasteiger partial charge >= 0.3 is 22.3 Å². The van der Waals surface area contributed by atoms with E-state index >= 15 is 0 Å². The van der Waals surface area contributed by atoms with Crippen LogP contribution in [-0.4, -0.2) is 73.1 Å². The van der Waals surface area contributed by atoms with Crippen molar-refractivity contribution in [1.82, 2.24) is 0 Å². The highest BCUT2D eigenvalue weighted by Gasteiger charge is 2.54. The molecule has 4 N–H and O–H groups in total. The Labute approximate surface area is 383 Å². The first-order chi connectivity index (χ1) is 31.0. The van der Waals surface area contributed by atoms with Crippen LogP contribution in [0.1, 0.15) is 179 Å². The molecule has 2 aromatic rings. The summed E-state index contributed by atoms with van der Waals surface area (Å²) in [6.45, 7) is 1.35. The molecule has 0 radical (unpaired) electrons. The number of Topliss-reactive ketones (excluding diaryl/α,β-unsaturated/α-hetero) is 1. The summed E-state index contributed by atoms with van der Waals surface area (Å²) < 4.78 is 56.2. The summed E-state index contributed by atoms with van der Waals surface area (Å²) in [7, 11) is -5.19. The largest absolute Gasteiger partial charge is 0.462 e. The zero-order chi connectivity index (χ0) is 46.3. The number of nitrogens with two attached hydrogens (primary N) is 1. The maximum Gasteiger partial charge on any atom is 0.397 e. The van der Waals surface area contributed by atoms with Crippen molar-refractivity contribution < 1.29 is 55.7 Å². The van der Waals surface area contributed by atoms with Crippen LogP contribution in [0, 0.1) is 5.92 Å². The Bertz CT molecular complexity index is 1650. The van der Waals surface area contributed by atoms with Gasteiger partial charge in [-0.25, -0.2) is 10.1 Å². The lowest BCUT2D eigenvalue weighted by atomic mass is 9.85. The Morgan fingerprint density at radius 2 is 1.12 bits per heavy atom.